The van der Waals surface area contributed by atoms with Gasteiger partial charge in [0.05, 0.1) is 6.10 Å². The first-order valence-electron chi connectivity index (χ1n) is 6.38. The second-order valence-corrected chi connectivity index (χ2v) is 4.79. The Bertz CT molecular complexity index is 308. The van der Waals surface area contributed by atoms with Gasteiger partial charge in [-0.05, 0) is 19.8 Å². The molecule has 0 aromatic carbocycles. The molecule has 3 N–H and O–H groups in total. The molecule has 0 aromatic heterocycles. The van der Waals surface area contributed by atoms with E-state index in [-0.39, 0.29) is 24.9 Å². The summed E-state index contributed by atoms with van der Waals surface area (Å²) >= 11 is 0. The Morgan fingerprint density at radius 2 is 2.17 bits per heavy atom. The van der Waals surface area contributed by atoms with Gasteiger partial charge in [0.1, 0.15) is 6.54 Å². The van der Waals surface area contributed by atoms with Gasteiger partial charge in [-0.15, -0.1) is 0 Å². The maximum Gasteiger partial charge on any atom is 0.322 e. The summed E-state index contributed by atoms with van der Waals surface area (Å²) in [4.78, 5) is 24.1. The number of carboxylic acids is 1. The number of carbonyl (C=O) groups is 2. The molecule has 0 aromatic rings. The molecule has 18 heavy (non-hydrogen) atoms. The Morgan fingerprint density at radius 1 is 1.50 bits per heavy atom. The van der Waals surface area contributed by atoms with Crippen molar-refractivity contribution in [1.29, 1.82) is 0 Å². The molecule has 0 spiro atoms. The zero-order valence-corrected chi connectivity index (χ0v) is 10.9. The second kappa shape index (κ2) is 6.70. The molecular formula is C12H22N2O4. The van der Waals surface area contributed by atoms with Crippen molar-refractivity contribution in [2.75, 3.05) is 13.1 Å². The molecule has 0 aliphatic carbocycles. The molecule has 1 rings (SSSR count). The number of aliphatic hydroxyl groups excluding tert-OH is 1. The minimum Gasteiger partial charge on any atom is -0.480 e. The summed E-state index contributed by atoms with van der Waals surface area (Å²) in [5.74, 6) is -1.38. The maximum atomic E-state index is 11.6. The Labute approximate surface area is 107 Å². The summed E-state index contributed by atoms with van der Waals surface area (Å²) in [5.41, 5.74) is 0. The minimum absolute atomic E-state index is 0.152. The standard InChI is InChI=1S/C12H22N2O4/c1-3-8(2)14-5-4-10(15)9(14)6-11(16)13-7-12(17)18/h8-10,15H,3-7H2,1-2H3,(H,13,16)(H,17,18)/t8?,9-,10+/m1/s1. The molecule has 104 valence electrons. The third kappa shape index (κ3) is 3.96. The predicted molar refractivity (Wildman–Crippen MR) is 66.1 cm³/mol. The highest BCUT2D eigenvalue weighted by molar-refractivity contribution is 5.81. The van der Waals surface area contributed by atoms with Gasteiger partial charge in [-0.1, -0.05) is 6.92 Å². The van der Waals surface area contributed by atoms with E-state index in [1.54, 1.807) is 0 Å². The molecule has 0 radical (unpaired) electrons. The van der Waals surface area contributed by atoms with Gasteiger partial charge < -0.3 is 15.5 Å². The van der Waals surface area contributed by atoms with E-state index >= 15 is 0 Å². The van der Waals surface area contributed by atoms with Crippen molar-refractivity contribution in [1.82, 2.24) is 10.2 Å². The quantitative estimate of drug-likeness (QED) is 0.614. The van der Waals surface area contributed by atoms with Crippen molar-refractivity contribution >= 4 is 11.9 Å². The largest absolute Gasteiger partial charge is 0.480 e. The van der Waals surface area contributed by atoms with E-state index in [0.717, 1.165) is 13.0 Å². The highest BCUT2D eigenvalue weighted by Crippen LogP contribution is 2.24. The van der Waals surface area contributed by atoms with Gasteiger partial charge in [0.25, 0.3) is 0 Å². The van der Waals surface area contributed by atoms with E-state index in [2.05, 4.69) is 24.1 Å². The van der Waals surface area contributed by atoms with Gasteiger partial charge in [0, 0.05) is 25.0 Å². The normalized spacial score (nSPS) is 25.9. The van der Waals surface area contributed by atoms with E-state index in [1.165, 1.54) is 0 Å². The van der Waals surface area contributed by atoms with Crippen LogP contribution in [0.4, 0.5) is 0 Å². The lowest BCUT2D eigenvalue weighted by atomic mass is 10.1. The van der Waals surface area contributed by atoms with Crippen LogP contribution in [-0.2, 0) is 9.59 Å². The van der Waals surface area contributed by atoms with Crippen molar-refractivity contribution in [3.63, 3.8) is 0 Å². The lowest BCUT2D eigenvalue weighted by Crippen LogP contribution is -2.44. The summed E-state index contributed by atoms with van der Waals surface area (Å²) in [6.45, 7) is 4.55. The first-order valence-corrected chi connectivity index (χ1v) is 6.38. The number of hydrogen-bond donors (Lipinski definition) is 3. The van der Waals surface area contributed by atoms with Crippen LogP contribution in [0.2, 0.25) is 0 Å². The molecule has 1 heterocycles. The summed E-state index contributed by atoms with van der Waals surface area (Å²) < 4.78 is 0. The van der Waals surface area contributed by atoms with Crippen molar-refractivity contribution in [3.05, 3.63) is 0 Å². The highest BCUT2D eigenvalue weighted by atomic mass is 16.4. The predicted octanol–water partition coefficient (Wildman–Crippen LogP) is -0.189. The van der Waals surface area contributed by atoms with Gasteiger partial charge in [0.2, 0.25) is 5.91 Å². The molecule has 0 saturated carbocycles. The number of aliphatic hydroxyl groups is 1. The van der Waals surface area contributed by atoms with Crippen molar-refractivity contribution < 1.29 is 19.8 Å². The third-order valence-electron chi connectivity index (χ3n) is 3.54. The fourth-order valence-corrected chi connectivity index (χ4v) is 2.33. The fraction of sp³-hybridized carbons (Fsp3) is 0.833. The van der Waals surface area contributed by atoms with E-state index in [0.29, 0.717) is 12.5 Å². The molecule has 6 nitrogen and oxygen atoms in total. The van der Waals surface area contributed by atoms with Crippen LogP contribution < -0.4 is 5.32 Å². The molecule has 0 bridgehead atoms. The van der Waals surface area contributed by atoms with Crippen molar-refractivity contribution in [2.24, 2.45) is 0 Å². The number of amides is 1. The number of carboxylic acid groups (broad SMARTS) is 1. The fourth-order valence-electron chi connectivity index (χ4n) is 2.33. The summed E-state index contributed by atoms with van der Waals surface area (Å²) in [6.07, 6.45) is 1.27. The Morgan fingerprint density at radius 3 is 2.72 bits per heavy atom. The Kier molecular flexibility index (Phi) is 5.55. The second-order valence-electron chi connectivity index (χ2n) is 4.79. The Balaban J connectivity index is 2.51. The van der Waals surface area contributed by atoms with E-state index in [9.17, 15) is 14.7 Å². The first-order chi connectivity index (χ1) is 8.45. The molecule has 1 aliphatic heterocycles. The molecule has 1 unspecified atom stereocenters. The van der Waals surface area contributed by atoms with E-state index < -0.39 is 12.1 Å². The number of rotatable bonds is 6. The van der Waals surface area contributed by atoms with Crippen LogP contribution in [-0.4, -0.2) is 58.3 Å². The van der Waals surface area contributed by atoms with E-state index in [1.807, 2.05) is 0 Å². The van der Waals surface area contributed by atoms with Crippen LogP contribution in [0.5, 0.6) is 0 Å². The van der Waals surface area contributed by atoms with Gasteiger partial charge in [-0.25, -0.2) is 0 Å². The number of carbonyl (C=O) groups excluding carboxylic acids is 1. The number of likely N-dealkylation sites (tertiary alicyclic amines) is 1. The Hall–Kier alpha value is -1.14. The number of aliphatic carboxylic acids is 1. The topological polar surface area (TPSA) is 89.9 Å². The molecule has 1 amide bonds. The van der Waals surface area contributed by atoms with Gasteiger partial charge in [-0.2, -0.15) is 0 Å². The molecule has 1 aliphatic rings. The van der Waals surface area contributed by atoms with Crippen LogP contribution in [0, 0.1) is 0 Å². The van der Waals surface area contributed by atoms with Crippen LogP contribution in [0.25, 0.3) is 0 Å². The third-order valence-corrected chi connectivity index (χ3v) is 3.54. The van der Waals surface area contributed by atoms with E-state index in [4.69, 9.17) is 5.11 Å². The lowest BCUT2D eigenvalue weighted by molar-refractivity contribution is -0.138. The van der Waals surface area contributed by atoms with Crippen molar-refractivity contribution in [3.8, 4) is 0 Å². The lowest BCUT2D eigenvalue weighted by Gasteiger charge is -2.30. The summed E-state index contributed by atoms with van der Waals surface area (Å²) in [7, 11) is 0. The van der Waals surface area contributed by atoms with Gasteiger partial charge in [-0.3, -0.25) is 14.5 Å². The molecule has 6 heteroatoms. The van der Waals surface area contributed by atoms with Gasteiger partial charge >= 0.3 is 5.97 Å². The average molecular weight is 258 g/mol. The minimum atomic E-state index is -1.06. The van der Waals surface area contributed by atoms with Crippen LogP contribution in [0.1, 0.15) is 33.1 Å². The zero-order valence-electron chi connectivity index (χ0n) is 10.9. The van der Waals surface area contributed by atoms with Crippen LogP contribution in [0.15, 0.2) is 0 Å². The first kappa shape index (κ1) is 14.9. The highest BCUT2D eigenvalue weighted by Gasteiger charge is 2.36. The molecule has 1 saturated heterocycles. The maximum absolute atomic E-state index is 11.6. The number of hydrogen-bond acceptors (Lipinski definition) is 4. The van der Waals surface area contributed by atoms with Gasteiger partial charge in [0.15, 0.2) is 0 Å². The number of nitrogens with one attached hydrogen (secondary N) is 1. The molecular weight excluding hydrogens is 236 g/mol. The van der Waals surface area contributed by atoms with Crippen LogP contribution >= 0.6 is 0 Å². The molecule has 1 fully saturated rings. The van der Waals surface area contributed by atoms with Crippen LogP contribution in [0.3, 0.4) is 0 Å². The molecule has 3 atom stereocenters. The van der Waals surface area contributed by atoms with Crippen molar-refractivity contribution in [2.45, 2.75) is 51.3 Å². The number of nitrogens with zero attached hydrogens (tertiary/aromatic N) is 1. The monoisotopic (exact) mass is 258 g/mol. The summed E-state index contributed by atoms with van der Waals surface area (Å²) in [6, 6.07) is 0.119. The summed E-state index contributed by atoms with van der Waals surface area (Å²) in [5, 5.41) is 20.7. The SMILES string of the molecule is CCC(C)N1CC[C@H](O)[C@H]1CC(=O)NCC(=O)O. The zero-order chi connectivity index (χ0) is 13.7. The smallest absolute Gasteiger partial charge is 0.322 e. The average Bonchev–Trinajstić information content (AvgIpc) is 2.68.